The molecule has 1 saturated heterocycles. The van der Waals surface area contributed by atoms with E-state index in [0.29, 0.717) is 5.95 Å². The van der Waals surface area contributed by atoms with Crippen LogP contribution in [0.3, 0.4) is 0 Å². The smallest absolute Gasteiger partial charge is 0.250 e. The summed E-state index contributed by atoms with van der Waals surface area (Å²) in [6.45, 7) is 7.29. The van der Waals surface area contributed by atoms with Crippen LogP contribution in [-0.4, -0.2) is 57.4 Å². The molecule has 0 radical (unpaired) electrons. The lowest BCUT2D eigenvalue weighted by Crippen LogP contribution is -2.46. The Morgan fingerprint density at radius 2 is 1.70 bits per heavy atom. The molecule has 3 aromatic rings. The van der Waals surface area contributed by atoms with Gasteiger partial charge >= 0.3 is 0 Å². The largest absolute Gasteiger partial charge is 0.369 e. The fraction of sp³-hybridized carbons (Fsp3) is 0.286. The van der Waals surface area contributed by atoms with Crippen molar-refractivity contribution in [2.45, 2.75) is 6.92 Å². The number of rotatable bonds is 5. The SMILES string of the molecule is Cc1c(/C=C/CN2CCN(c3ccccc3)CC2)cnn1-c1ncccn1. The lowest BCUT2D eigenvalue weighted by molar-refractivity contribution is 0.284. The van der Waals surface area contributed by atoms with Crippen molar-refractivity contribution in [2.75, 3.05) is 37.6 Å². The molecule has 0 unspecified atom stereocenters. The summed E-state index contributed by atoms with van der Waals surface area (Å²) in [6, 6.07) is 12.5. The topological polar surface area (TPSA) is 50.1 Å². The molecule has 4 rings (SSSR count). The van der Waals surface area contributed by atoms with Gasteiger partial charge in [0.05, 0.1) is 11.9 Å². The van der Waals surface area contributed by atoms with Crippen LogP contribution >= 0.6 is 0 Å². The van der Waals surface area contributed by atoms with Gasteiger partial charge in [0, 0.05) is 56.4 Å². The zero-order valence-electron chi connectivity index (χ0n) is 15.6. The van der Waals surface area contributed by atoms with Crippen molar-refractivity contribution in [3.8, 4) is 5.95 Å². The van der Waals surface area contributed by atoms with E-state index in [1.165, 1.54) is 5.69 Å². The van der Waals surface area contributed by atoms with Gasteiger partial charge in [-0.3, -0.25) is 4.90 Å². The van der Waals surface area contributed by atoms with E-state index in [-0.39, 0.29) is 0 Å². The number of aromatic nitrogens is 4. The first-order valence-corrected chi connectivity index (χ1v) is 9.32. The normalized spacial score (nSPS) is 15.5. The molecular weight excluding hydrogens is 336 g/mol. The van der Waals surface area contributed by atoms with Crippen LogP contribution in [0, 0.1) is 6.92 Å². The number of nitrogens with zero attached hydrogens (tertiary/aromatic N) is 6. The van der Waals surface area contributed by atoms with Crippen LogP contribution < -0.4 is 4.90 Å². The number of hydrogen-bond acceptors (Lipinski definition) is 5. The van der Waals surface area contributed by atoms with E-state index in [2.05, 4.69) is 67.4 Å². The van der Waals surface area contributed by atoms with Gasteiger partial charge in [0.25, 0.3) is 5.95 Å². The van der Waals surface area contributed by atoms with Crippen molar-refractivity contribution in [1.82, 2.24) is 24.6 Å². The van der Waals surface area contributed by atoms with Gasteiger partial charge in [0.1, 0.15) is 0 Å². The van der Waals surface area contributed by atoms with Crippen molar-refractivity contribution in [1.29, 1.82) is 0 Å². The van der Waals surface area contributed by atoms with Crippen molar-refractivity contribution >= 4 is 11.8 Å². The third kappa shape index (κ3) is 4.06. The Labute approximate surface area is 159 Å². The third-order valence-electron chi connectivity index (χ3n) is 4.94. The van der Waals surface area contributed by atoms with Crippen LogP contribution in [0.1, 0.15) is 11.3 Å². The highest BCUT2D eigenvalue weighted by Crippen LogP contribution is 2.16. The summed E-state index contributed by atoms with van der Waals surface area (Å²) in [5.41, 5.74) is 3.47. The van der Waals surface area contributed by atoms with E-state index in [1.54, 1.807) is 23.1 Å². The molecule has 2 aromatic heterocycles. The van der Waals surface area contributed by atoms with Crippen molar-refractivity contribution in [3.63, 3.8) is 0 Å². The van der Waals surface area contributed by atoms with Crippen LogP contribution in [0.4, 0.5) is 5.69 Å². The van der Waals surface area contributed by atoms with E-state index in [0.717, 1.165) is 44.0 Å². The zero-order valence-corrected chi connectivity index (χ0v) is 15.6. The maximum atomic E-state index is 4.42. The molecule has 3 heterocycles. The van der Waals surface area contributed by atoms with Gasteiger partial charge in [0.15, 0.2) is 0 Å². The van der Waals surface area contributed by atoms with Crippen molar-refractivity contribution in [2.24, 2.45) is 0 Å². The Morgan fingerprint density at radius 1 is 0.963 bits per heavy atom. The molecule has 6 nitrogen and oxygen atoms in total. The van der Waals surface area contributed by atoms with Gasteiger partial charge in [-0.25, -0.2) is 14.6 Å². The molecule has 138 valence electrons. The van der Waals surface area contributed by atoms with Gasteiger partial charge in [-0.2, -0.15) is 5.10 Å². The minimum absolute atomic E-state index is 0.603. The quantitative estimate of drug-likeness (QED) is 0.700. The Bertz CT molecular complexity index is 880. The third-order valence-corrected chi connectivity index (χ3v) is 4.94. The lowest BCUT2D eigenvalue weighted by atomic mass is 10.2. The molecule has 1 aliphatic rings. The highest BCUT2D eigenvalue weighted by Gasteiger charge is 2.16. The fourth-order valence-electron chi connectivity index (χ4n) is 3.34. The highest BCUT2D eigenvalue weighted by molar-refractivity contribution is 5.52. The predicted molar refractivity (Wildman–Crippen MR) is 108 cm³/mol. The van der Waals surface area contributed by atoms with E-state index >= 15 is 0 Å². The monoisotopic (exact) mass is 360 g/mol. The summed E-state index contributed by atoms with van der Waals surface area (Å²) < 4.78 is 1.78. The summed E-state index contributed by atoms with van der Waals surface area (Å²) in [5, 5.41) is 4.42. The average molecular weight is 360 g/mol. The Hall–Kier alpha value is -2.99. The van der Waals surface area contributed by atoms with Crippen molar-refractivity contribution < 1.29 is 0 Å². The second kappa shape index (κ2) is 8.14. The number of hydrogen-bond donors (Lipinski definition) is 0. The lowest BCUT2D eigenvalue weighted by Gasteiger charge is -2.35. The molecule has 0 amide bonds. The number of anilines is 1. The summed E-state index contributed by atoms with van der Waals surface area (Å²) in [7, 11) is 0. The summed E-state index contributed by atoms with van der Waals surface area (Å²) in [5.74, 6) is 0.603. The van der Waals surface area contributed by atoms with Gasteiger partial charge in [0.2, 0.25) is 0 Å². The molecular formula is C21H24N6. The molecule has 27 heavy (non-hydrogen) atoms. The maximum absolute atomic E-state index is 4.42. The maximum Gasteiger partial charge on any atom is 0.250 e. The summed E-state index contributed by atoms with van der Waals surface area (Å²) in [4.78, 5) is 13.5. The molecule has 0 aliphatic carbocycles. The summed E-state index contributed by atoms with van der Waals surface area (Å²) in [6.07, 6.45) is 9.70. The molecule has 0 spiro atoms. The molecule has 0 atom stereocenters. The highest BCUT2D eigenvalue weighted by atomic mass is 15.3. The predicted octanol–water partition coefficient (Wildman–Crippen LogP) is 2.81. The van der Waals surface area contributed by atoms with Gasteiger partial charge in [-0.15, -0.1) is 0 Å². The summed E-state index contributed by atoms with van der Waals surface area (Å²) >= 11 is 0. The Morgan fingerprint density at radius 3 is 2.44 bits per heavy atom. The fourth-order valence-corrected chi connectivity index (χ4v) is 3.34. The van der Waals surface area contributed by atoms with Gasteiger partial charge in [-0.05, 0) is 25.1 Å². The molecule has 0 saturated carbocycles. The van der Waals surface area contributed by atoms with Crippen LogP contribution in [-0.2, 0) is 0 Å². The standard InChI is InChI=1S/C21H24N6/c1-18-19(17-24-27(18)21-22-10-6-11-23-21)7-5-12-25-13-15-26(16-14-25)20-8-3-2-4-9-20/h2-11,17H,12-16H2,1H3/b7-5+. The first-order chi connectivity index (χ1) is 13.3. The van der Waals surface area contributed by atoms with E-state index in [9.17, 15) is 0 Å². The molecule has 1 fully saturated rings. The minimum Gasteiger partial charge on any atom is -0.369 e. The number of piperazine rings is 1. The Balaban J connectivity index is 1.32. The van der Waals surface area contributed by atoms with Gasteiger partial charge < -0.3 is 4.90 Å². The van der Waals surface area contributed by atoms with Crippen LogP contribution in [0.5, 0.6) is 0 Å². The molecule has 0 bridgehead atoms. The van der Waals surface area contributed by atoms with Crippen molar-refractivity contribution in [3.05, 3.63) is 72.3 Å². The first kappa shape index (κ1) is 17.4. The molecule has 1 aromatic carbocycles. The second-order valence-electron chi connectivity index (χ2n) is 6.67. The molecule has 6 heteroatoms. The average Bonchev–Trinajstić information content (AvgIpc) is 3.10. The van der Waals surface area contributed by atoms with E-state index in [4.69, 9.17) is 0 Å². The van der Waals surface area contributed by atoms with Crippen LogP contribution in [0.25, 0.3) is 12.0 Å². The number of para-hydroxylation sites is 1. The van der Waals surface area contributed by atoms with E-state index < -0.39 is 0 Å². The number of benzene rings is 1. The molecule has 0 N–H and O–H groups in total. The first-order valence-electron chi connectivity index (χ1n) is 9.32. The van der Waals surface area contributed by atoms with Gasteiger partial charge in [-0.1, -0.05) is 30.4 Å². The van der Waals surface area contributed by atoms with Crippen LogP contribution in [0.2, 0.25) is 0 Å². The minimum atomic E-state index is 0.603. The van der Waals surface area contributed by atoms with E-state index in [1.807, 2.05) is 13.1 Å². The molecule has 1 aliphatic heterocycles. The zero-order chi connectivity index (χ0) is 18.5. The second-order valence-corrected chi connectivity index (χ2v) is 6.67. The Kier molecular flexibility index (Phi) is 5.25. The van der Waals surface area contributed by atoms with Crippen LogP contribution in [0.15, 0.2) is 61.1 Å².